The van der Waals surface area contributed by atoms with Gasteiger partial charge in [-0.25, -0.2) is 13.0 Å². The maximum atomic E-state index is 12.6. The molecular weight excluding hydrogens is 338 g/mol. The summed E-state index contributed by atoms with van der Waals surface area (Å²) in [6, 6.07) is 11.5. The Labute approximate surface area is 148 Å². The molecular formula is C18H19N3O3S. The molecule has 6 nitrogen and oxygen atoms in total. The van der Waals surface area contributed by atoms with E-state index in [2.05, 4.69) is 5.10 Å². The Kier molecular flexibility index (Phi) is 4.96. The van der Waals surface area contributed by atoms with Crippen LogP contribution in [-0.4, -0.2) is 45.3 Å². The van der Waals surface area contributed by atoms with Gasteiger partial charge in [-0.2, -0.15) is 5.10 Å². The van der Waals surface area contributed by atoms with Crippen LogP contribution in [0.1, 0.15) is 5.56 Å². The van der Waals surface area contributed by atoms with E-state index in [9.17, 15) is 9.00 Å². The topological polar surface area (TPSA) is 63.9 Å². The number of nitrogens with zero attached hydrogens (tertiary/aromatic N) is 3. The number of carbonyl (C=O) groups is 1. The molecule has 0 fully saturated rings. The minimum atomic E-state index is -1.25. The van der Waals surface area contributed by atoms with E-state index in [1.54, 1.807) is 29.1 Å². The van der Waals surface area contributed by atoms with E-state index in [0.717, 1.165) is 27.1 Å². The molecule has 1 aromatic carbocycles. The smallest absolute Gasteiger partial charge is 0.310 e. The molecule has 1 atom stereocenters. The van der Waals surface area contributed by atoms with Gasteiger partial charge in [0.1, 0.15) is 11.0 Å². The second-order valence-electron chi connectivity index (χ2n) is 5.73. The van der Waals surface area contributed by atoms with Crippen molar-refractivity contribution in [2.75, 3.05) is 21.2 Å². The van der Waals surface area contributed by atoms with E-state index in [0.29, 0.717) is 0 Å². The SMILES string of the molecule is COC(=O)Cc1cnn2ccc(-c3ccccc3S(=O)N(C)C)cc12. The van der Waals surface area contributed by atoms with Crippen molar-refractivity contribution in [1.29, 1.82) is 0 Å². The fourth-order valence-corrected chi connectivity index (χ4v) is 3.58. The Morgan fingerprint density at radius 2 is 2.04 bits per heavy atom. The first-order valence-corrected chi connectivity index (χ1v) is 8.83. The van der Waals surface area contributed by atoms with Gasteiger partial charge in [0.15, 0.2) is 0 Å². The van der Waals surface area contributed by atoms with Crippen molar-refractivity contribution in [3.05, 3.63) is 54.4 Å². The lowest BCUT2D eigenvalue weighted by Crippen LogP contribution is -2.15. The molecule has 3 aromatic rings. The third-order valence-electron chi connectivity index (χ3n) is 3.88. The zero-order valence-electron chi connectivity index (χ0n) is 14.3. The Morgan fingerprint density at radius 1 is 1.28 bits per heavy atom. The molecule has 0 aliphatic heterocycles. The number of hydrogen-bond donors (Lipinski definition) is 0. The lowest BCUT2D eigenvalue weighted by atomic mass is 10.1. The van der Waals surface area contributed by atoms with Crippen LogP contribution >= 0.6 is 0 Å². The third-order valence-corrected chi connectivity index (χ3v) is 5.28. The summed E-state index contributed by atoms with van der Waals surface area (Å²) in [5.41, 5.74) is 3.43. The lowest BCUT2D eigenvalue weighted by molar-refractivity contribution is -0.139. The third kappa shape index (κ3) is 3.47. The molecule has 0 N–H and O–H groups in total. The van der Waals surface area contributed by atoms with E-state index in [-0.39, 0.29) is 12.4 Å². The van der Waals surface area contributed by atoms with Crippen molar-refractivity contribution in [2.45, 2.75) is 11.3 Å². The fourth-order valence-electron chi connectivity index (χ4n) is 2.62. The molecule has 0 aliphatic carbocycles. The van der Waals surface area contributed by atoms with E-state index in [4.69, 9.17) is 4.74 Å². The van der Waals surface area contributed by atoms with Crippen LogP contribution in [0.2, 0.25) is 0 Å². The van der Waals surface area contributed by atoms with Crippen molar-refractivity contribution in [3.8, 4) is 11.1 Å². The van der Waals surface area contributed by atoms with E-state index < -0.39 is 11.0 Å². The Balaban J connectivity index is 2.10. The van der Waals surface area contributed by atoms with Gasteiger partial charge in [-0.1, -0.05) is 18.2 Å². The predicted octanol–water partition coefficient (Wildman–Crippen LogP) is 2.30. The lowest BCUT2D eigenvalue weighted by Gasteiger charge is -2.14. The van der Waals surface area contributed by atoms with Gasteiger partial charge >= 0.3 is 5.97 Å². The first-order valence-electron chi connectivity index (χ1n) is 7.73. The van der Waals surface area contributed by atoms with Gasteiger partial charge in [-0.3, -0.25) is 4.79 Å². The molecule has 0 bridgehead atoms. The molecule has 0 saturated heterocycles. The Morgan fingerprint density at radius 3 is 2.76 bits per heavy atom. The minimum absolute atomic E-state index is 0.161. The summed E-state index contributed by atoms with van der Waals surface area (Å²) in [5.74, 6) is -0.311. The summed E-state index contributed by atoms with van der Waals surface area (Å²) < 4.78 is 20.7. The predicted molar refractivity (Wildman–Crippen MR) is 96.4 cm³/mol. The summed E-state index contributed by atoms with van der Waals surface area (Å²) in [7, 11) is 3.68. The largest absolute Gasteiger partial charge is 0.469 e. The van der Waals surface area contributed by atoms with Crippen LogP contribution < -0.4 is 0 Å². The fraction of sp³-hybridized carbons (Fsp3) is 0.222. The van der Waals surface area contributed by atoms with Crippen LogP contribution in [0.4, 0.5) is 0 Å². The molecule has 2 heterocycles. The highest BCUT2D eigenvalue weighted by Gasteiger charge is 2.15. The summed E-state index contributed by atoms with van der Waals surface area (Å²) in [4.78, 5) is 12.3. The number of benzene rings is 1. The van der Waals surface area contributed by atoms with E-state index in [1.165, 1.54) is 7.11 Å². The molecule has 1 unspecified atom stereocenters. The van der Waals surface area contributed by atoms with Crippen LogP contribution in [0.15, 0.2) is 53.7 Å². The van der Waals surface area contributed by atoms with Crippen molar-refractivity contribution >= 4 is 22.5 Å². The minimum Gasteiger partial charge on any atom is -0.469 e. The quantitative estimate of drug-likeness (QED) is 0.657. The number of pyridine rings is 1. The second kappa shape index (κ2) is 7.16. The number of hydrogen-bond acceptors (Lipinski definition) is 4. The summed E-state index contributed by atoms with van der Waals surface area (Å²) in [6.45, 7) is 0. The van der Waals surface area contributed by atoms with E-state index >= 15 is 0 Å². The Bertz CT molecular complexity index is 950. The zero-order valence-corrected chi connectivity index (χ0v) is 15.1. The van der Waals surface area contributed by atoms with Crippen LogP contribution in [0.3, 0.4) is 0 Å². The first-order chi connectivity index (χ1) is 12.0. The van der Waals surface area contributed by atoms with Crippen LogP contribution in [-0.2, 0) is 26.9 Å². The highest BCUT2D eigenvalue weighted by molar-refractivity contribution is 7.82. The summed E-state index contributed by atoms with van der Waals surface area (Å²) in [6.07, 6.45) is 3.66. The maximum absolute atomic E-state index is 12.6. The number of esters is 1. The standard InChI is InChI=1S/C18H19N3O3S/c1-20(2)25(23)17-7-5-4-6-15(17)13-8-9-21-16(10-13)14(12-19-21)11-18(22)24-3/h4-10,12H,11H2,1-3H3. The molecule has 0 saturated carbocycles. The molecule has 2 aromatic heterocycles. The number of rotatable bonds is 5. The molecule has 0 radical (unpaired) electrons. The van der Waals surface area contributed by atoms with E-state index in [1.807, 2.05) is 42.6 Å². The normalized spacial score (nSPS) is 12.5. The molecule has 0 aliphatic rings. The first kappa shape index (κ1) is 17.3. The van der Waals surface area contributed by atoms with Crippen LogP contribution in [0, 0.1) is 0 Å². The number of ether oxygens (including phenoxy) is 1. The highest BCUT2D eigenvalue weighted by Crippen LogP contribution is 2.28. The van der Waals surface area contributed by atoms with Crippen molar-refractivity contribution in [3.63, 3.8) is 0 Å². The molecule has 25 heavy (non-hydrogen) atoms. The van der Waals surface area contributed by atoms with Gasteiger partial charge < -0.3 is 4.74 Å². The van der Waals surface area contributed by atoms with Crippen LogP contribution in [0.25, 0.3) is 16.6 Å². The average Bonchev–Trinajstić information content (AvgIpc) is 3.03. The number of carbonyl (C=O) groups excluding carboxylic acids is 1. The monoisotopic (exact) mass is 357 g/mol. The van der Waals surface area contributed by atoms with Gasteiger partial charge in [0.25, 0.3) is 0 Å². The highest BCUT2D eigenvalue weighted by atomic mass is 32.2. The van der Waals surface area contributed by atoms with Gasteiger partial charge in [0.05, 0.1) is 30.1 Å². The van der Waals surface area contributed by atoms with Crippen molar-refractivity contribution in [2.24, 2.45) is 0 Å². The molecule has 3 rings (SSSR count). The number of aromatic nitrogens is 2. The van der Waals surface area contributed by atoms with Crippen molar-refractivity contribution < 1.29 is 13.7 Å². The molecule has 0 amide bonds. The van der Waals surface area contributed by atoms with Gasteiger partial charge in [0, 0.05) is 11.8 Å². The van der Waals surface area contributed by atoms with Crippen LogP contribution in [0.5, 0.6) is 0 Å². The maximum Gasteiger partial charge on any atom is 0.310 e. The van der Waals surface area contributed by atoms with Crippen molar-refractivity contribution in [1.82, 2.24) is 13.9 Å². The molecule has 0 spiro atoms. The number of methoxy groups -OCH3 is 1. The zero-order chi connectivity index (χ0) is 18.0. The van der Waals surface area contributed by atoms with Gasteiger partial charge in [-0.15, -0.1) is 0 Å². The summed E-state index contributed by atoms with van der Waals surface area (Å²) >= 11 is 0. The molecule has 130 valence electrons. The second-order valence-corrected chi connectivity index (χ2v) is 7.39. The molecule has 7 heteroatoms. The van der Waals surface area contributed by atoms with Gasteiger partial charge in [-0.05, 0) is 43.4 Å². The average molecular weight is 357 g/mol. The van der Waals surface area contributed by atoms with Gasteiger partial charge in [0.2, 0.25) is 0 Å². The Hall–Kier alpha value is -2.51. The summed E-state index contributed by atoms with van der Waals surface area (Å²) in [5, 5.41) is 4.27. The number of fused-ring (bicyclic) bond motifs is 1.